The Hall–Kier alpha value is -7.42. The fraction of sp³-hybridized carbons (Fsp3) is 0.0526. The Labute approximate surface area is 343 Å². The summed E-state index contributed by atoms with van der Waals surface area (Å²) < 4.78 is 4.86. The van der Waals surface area contributed by atoms with Crippen molar-refractivity contribution in [2.24, 2.45) is 0 Å². The molecule has 2 aromatic heterocycles. The van der Waals surface area contributed by atoms with E-state index in [4.69, 9.17) is 0 Å². The van der Waals surface area contributed by atoms with Crippen molar-refractivity contribution in [1.82, 2.24) is 9.13 Å². The van der Waals surface area contributed by atoms with Crippen LogP contribution in [0.1, 0.15) is 25.0 Å². The van der Waals surface area contributed by atoms with Crippen molar-refractivity contribution in [3.8, 4) is 55.9 Å². The SMILES string of the molecule is CC1(C)c2ccccc2-c2ccc(-c3cc(-c4ccc5c(c4)c4ccccc4n5-c4ccccc4)cc(-n4c5ccccc5c5cc(-c6ccccc6)ccc54)c3)cc21. The van der Waals surface area contributed by atoms with Crippen LogP contribution < -0.4 is 0 Å². The lowest BCUT2D eigenvalue weighted by Crippen LogP contribution is -2.14. The highest BCUT2D eigenvalue weighted by molar-refractivity contribution is 6.12. The monoisotopic (exact) mass is 752 g/mol. The number of para-hydroxylation sites is 3. The molecule has 1 aliphatic rings. The zero-order chi connectivity index (χ0) is 39.2. The summed E-state index contributed by atoms with van der Waals surface area (Å²) in [5.41, 5.74) is 19.7. The van der Waals surface area contributed by atoms with Gasteiger partial charge >= 0.3 is 0 Å². The van der Waals surface area contributed by atoms with Gasteiger partial charge < -0.3 is 9.13 Å². The summed E-state index contributed by atoms with van der Waals surface area (Å²) in [7, 11) is 0. The van der Waals surface area contributed by atoms with Gasteiger partial charge in [-0.1, -0.05) is 147 Å². The highest BCUT2D eigenvalue weighted by Crippen LogP contribution is 2.50. The molecule has 12 rings (SSSR count). The van der Waals surface area contributed by atoms with Gasteiger partial charge in [0.15, 0.2) is 0 Å². The average Bonchev–Trinajstić information content (AvgIpc) is 3.89. The summed E-state index contributed by atoms with van der Waals surface area (Å²) >= 11 is 0. The van der Waals surface area contributed by atoms with Crippen LogP contribution in [0.25, 0.3) is 99.5 Å². The van der Waals surface area contributed by atoms with Gasteiger partial charge in [-0.15, -0.1) is 0 Å². The summed E-state index contributed by atoms with van der Waals surface area (Å²) in [6.07, 6.45) is 0. The van der Waals surface area contributed by atoms with Crippen LogP contribution in [0.4, 0.5) is 0 Å². The second-order valence-corrected chi connectivity index (χ2v) is 16.6. The number of hydrogen-bond acceptors (Lipinski definition) is 0. The quantitative estimate of drug-likeness (QED) is 0.166. The largest absolute Gasteiger partial charge is 0.309 e. The van der Waals surface area contributed by atoms with Gasteiger partial charge in [0, 0.05) is 38.3 Å². The van der Waals surface area contributed by atoms with Gasteiger partial charge in [0.1, 0.15) is 0 Å². The van der Waals surface area contributed by atoms with Crippen molar-refractivity contribution in [3.05, 3.63) is 217 Å². The predicted octanol–water partition coefficient (Wildman–Crippen LogP) is 15.2. The van der Waals surface area contributed by atoms with Gasteiger partial charge in [0.05, 0.1) is 22.1 Å². The molecule has 0 spiro atoms. The molecular weight excluding hydrogens is 713 g/mol. The zero-order valence-corrected chi connectivity index (χ0v) is 33.0. The molecule has 9 aromatic carbocycles. The first-order valence-electron chi connectivity index (χ1n) is 20.6. The van der Waals surface area contributed by atoms with E-state index in [-0.39, 0.29) is 5.41 Å². The average molecular weight is 753 g/mol. The number of hydrogen-bond donors (Lipinski definition) is 0. The molecule has 0 saturated heterocycles. The van der Waals surface area contributed by atoms with E-state index in [9.17, 15) is 0 Å². The Morgan fingerprint density at radius 2 is 0.763 bits per heavy atom. The van der Waals surface area contributed by atoms with Gasteiger partial charge in [0.25, 0.3) is 0 Å². The molecule has 0 fully saturated rings. The normalized spacial score (nSPS) is 13.1. The van der Waals surface area contributed by atoms with Gasteiger partial charge in [-0.05, 0) is 128 Å². The number of nitrogens with zero attached hydrogens (tertiary/aromatic N) is 2. The van der Waals surface area contributed by atoms with Crippen molar-refractivity contribution >= 4 is 43.6 Å². The maximum absolute atomic E-state index is 2.47. The minimum atomic E-state index is -0.0936. The van der Waals surface area contributed by atoms with Gasteiger partial charge in [0.2, 0.25) is 0 Å². The molecule has 0 bridgehead atoms. The maximum atomic E-state index is 2.47. The molecule has 278 valence electrons. The molecule has 2 heterocycles. The lowest BCUT2D eigenvalue weighted by molar-refractivity contribution is 0.660. The smallest absolute Gasteiger partial charge is 0.0541 e. The van der Waals surface area contributed by atoms with Crippen LogP contribution >= 0.6 is 0 Å². The van der Waals surface area contributed by atoms with Gasteiger partial charge in [-0.25, -0.2) is 0 Å². The van der Waals surface area contributed by atoms with E-state index >= 15 is 0 Å². The molecular formula is C57H40N2. The summed E-state index contributed by atoms with van der Waals surface area (Å²) in [4.78, 5) is 0. The summed E-state index contributed by atoms with van der Waals surface area (Å²) in [6.45, 7) is 4.73. The topological polar surface area (TPSA) is 9.86 Å². The Morgan fingerprint density at radius 1 is 0.288 bits per heavy atom. The molecule has 2 heteroatoms. The summed E-state index contributed by atoms with van der Waals surface area (Å²) in [6, 6.07) is 76.3. The fourth-order valence-electron chi connectivity index (χ4n) is 10.0. The van der Waals surface area contributed by atoms with Crippen LogP contribution in [0.15, 0.2) is 206 Å². The first-order valence-corrected chi connectivity index (χ1v) is 20.6. The number of aromatic nitrogens is 2. The molecule has 0 amide bonds. The Bertz CT molecular complexity index is 3450. The van der Waals surface area contributed by atoms with Gasteiger partial charge in [-0.2, -0.15) is 0 Å². The van der Waals surface area contributed by atoms with Crippen LogP contribution in [-0.2, 0) is 5.41 Å². The highest BCUT2D eigenvalue weighted by Gasteiger charge is 2.35. The molecule has 0 unspecified atom stereocenters. The van der Waals surface area contributed by atoms with Crippen LogP contribution in [0.3, 0.4) is 0 Å². The minimum Gasteiger partial charge on any atom is -0.309 e. The number of benzene rings is 9. The molecule has 2 nitrogen and oxygen atoms in total. The molecule has 11 aromatic rings. The molecule has 0 saturated carbocycles. The third kappa shape index (κ3) is 5.13. The zero-order valence-electron chi connectivity index (χ0n) is 33.0. The van der Waals surface area contributed by atoms with E-state index < -0.39 is 0 Å². The van der Waals surface area contributed by atoms with E-state index in [0.717, 1.165) is 5.69 Å². The van der Waals surface area contributed by atoms with Crippen molar-refractivity contribution < 1.29 is 0 Å². The van der Waals surface area contributed by atoms with E-state index in [0.29, 0.717) is 0 Å². The van der Waals surface area contributed by atoms with E-state index in [2.05, 4.69) is 229 Å². The third-order valence-electron chi connectivity index (χ3n) is 12.9. The molecule has 59 heavy (non-hydrogen) atoms. The lowest BCUT2D eigenvalue weighted by Gasteiger charge is -2.22. The van der Waals surface area contributed by atoms with Crippen LogP contribution in [0.2, 0.25) is 0 Å². The van der Waals surface area contributed by atoms with Crippen molar-refractivity contribution in [1.29, 1.82) is 0 Å². The Morgan fingerprint density at radius 3 is 1.42 bits per heavy atom. The first-order chi connectivity index (χ1) is 29.0. The van der Waals surface area contributed by atoms with Crippen LogP contribution in [-0.4, -0.2) is 9.13 Å². The minimum absolute atomic E-state index is 0.0936. The highest BCUT2D eigenvalue weighted by atomic mass is 15.0. The van der Waals surface area contributed by atoms with E-state index in [1.807, 2.05) is 0 Å². The second kappa shape index (κ2) is 12.8. The number of rotatable bonds is 5. The lowest BCUT2D eigenvalue weighted by atomic mass is 9.81. The van der Waals surface area contributed by atoms with E-state index in [1.54, 1.807) is 0 Å². The third-order valence-corrected chi connectivity index (χ3v) is 12.9. The molecule has 0 aliphatic heterocycles. The van der Waals surface area contributed by atoms with Crippen molar-refractivity contribution in [2.75, 3.05) is 0 Å². The molecule has 1 aliphatic carbocycles. The van der Waals surface area contributed by atoms with Crippen molar-refractivity contribution in [2.45, 2.75) is 19.3 Å². The summed E-state index contributed by atoms with van der Waals surface area (Å²) in [5.74, 6) is 0. The first kappa shape index (κ1) is 33.7. The molecule has 0 atom stereocenters. The number of fused-ring (bicyclic) bond motifs is 9. The maximum Gasteiger partial charge on any atom is 0.0541 e. The Balaban J connectivity index is 1.10. The molecule has 0 radical (unpaired) electrons. The predicted molar refractivity (Wildman–Crippen MR) is 249 cm³/mol. The van der Waals surface area contributed by atoms with Gasteiger partial charge in [-0.3, -0.25) is 0 Å². The van der Waals surface area contributed by atoms with Crippen molar-refractivity contribution in [3.63, 3.8) is 0 Å². The van der Waals surface area contributed by atoms with Crippen LogP contribution in [0, 0.1) is 0 Å². The standard InChI is InChI=1S/C57H40N2/c1-57(2)51-22-12-9-19-45(51)46-28-25-40(36-52(46)57)42-31-41(39-27-30-55-50(35-39)47-20-10-13-23-53(47)58(55)43-17-7-4-8-18-43)32-44(33-42)59-54-24-14-11-21-48(54)49-34-38(26-29-56(49)59)37-15-5-3-6-16-37/h3-36H,1-2H3. The second-order valence-electron chi connectivity index (χ2n) is 16.6. The molecule has 0 N–H and O–H groups in total. The van der Waals surface area contributed by atoms with Crippen LogP contribution in [0.5, 0.6) is 0 Å². The summed E-state index contributed by atoms with van der Waals surface area (Å²) in [5, 5.41) is 5.00. The fourth-order valence-corrected chi connectivity index (χ4v) is 10.0. The van der Waals surface area contributed by atoms with E-state index in [1.165, 1.54) is 105 Å². The Kier molecular flexibility index (Phi) is 7.31.